The van der Waals surface area contributed by atoms with Crippen molar-refractivity contribution in [3.05, 3.63) is 24.3 Å². The normalized spacial score (nSPS) is 12.4. The van der Waals surface area contributed by atoms with Crippen molar-refractivity contribution < 1.29 is 9.59 Å². The van der Waals surface area contributed by atoms with Crippen molar-refractivity contribution in [3.63, 3.8) is 0 Å². The summed E-state index contributed by atoms with van der Waals surface area (Å²) in [4.78, 5) is 25.1. The van der Waals surface area contributed by atoms with Crippen LogP contribution in [0.4, 0.5) is 0 Å². The van der Waals surface area contributed by atoms with E-state index in [2.05, 4.69) is 48.8 Å². The maximum Gasteiger partial charge on any atom is 0.242 e. The molecule has 0 rings (SSSR count). The van der Waals surface area contributed by atoms with Crippen LogP contribution < -0.4 is 10.6 Å². The van der Waals surface area contributed by atoms with Gasteiger partial charge in [0.1, 0.15) is 6.04 Å². The zero-order valence-electron chi connectivity index (χ0n) is 28.5. The van der Waals surface area contributed by atoms with Gasteiger partial charge in [-0.05, 0) is 71.1 Å². The molecule has 42 heavy (non-hydrogen) atoms. The van der Waals surface area contributed by atoms with Gasteiger partial charge in [0.25, 0.3) is 0 Å². The minimum Gasteiger partial charge on any atom is -0.355 e. The molecule has 246 valence electrons. The van der Waals surface area contributed by atoms with E-state index in [0.717, 1.165) is 38.5 Å². The molecule has 0 radical (unpaired) electrons. The number of carbonyl (C=O) groups is 2. The zero-order chi connectivity index (χ0) is 30.8. The van der Waals surface area contributed by atoms with Crippen LogP contribution in [0, 0.1) is 0 Å². The highest BCUT2D eigenvalue weighted by Crippen LogP contribution is 2.12. The summed E-state index contributed by atoms with van der Waals surface area (Å²) in [6, 6.07) is -0.391. The van der Waals surface area contributed by atoms with Gasteiger partial charge < -0.3 is 10.6 Å². The number of rotatable bonds is 32. The maximum atomic E-state index is 12.5. The molecule has 0 heterocycles. The second-order valence-electron chi connectivity index (χ2n) is 12.4. The third-order valence-electron chi connectivity index (χ3n) is 8.17. The minimum atomic E-state index is -0.391. The van der Waals surface area contributed by atoms with E-state index in [4.69, 9.17) is 0 Å². The van der Waals surface area contributed by atoms with Gasteiger partial charge in [0, 0.05) is 13.0 Å². The van der Waals surface area contributed by atoms with E-state index in [-0.39, 0.29) is 11.8 Å². The van der Waals surface area contributed by atoms with Crippen LogP contribution in [0.25, 0.3) is 0 Å². The molecule has 0 aromatic heterocycles. The van der Waals surface area contributed by atoms with Gasteiger partial charge in [-0.1, -0.05) is 141 Å². The number of nitrogens with one attached hydrogen (secondary N) is 2. The van der Waals surface area contributed by atoms with Crippen LogP contribution in [0.3, 0.4) is 0 Å². The van der Waals surface area contributed by atoms with Gasteiger partial charge >= 0.3 is 0 Å². The smallest absolute Gasteiger partial charge is 0.242 e. The lowest BCUT2D eigenvalue weighted by Crippen LogP contribution is -2.46. The SMILES string of the molecule is CCCCCCCCC=CCCCCCCCC(=O)NC(CCCCCCC=CCCCCCCCC)C(=O)NCC. The molecule has 0 aromatic rings. The quantitative estimate of drug-likeness (QED) is 0.0606. The lowest BCUT2D eigenvalue weighted by molar-refractivity contribution is -0.129. The first-order valence-corrected chi connectivity index (χ1v) is 18.5. The standard InChI is InChI=1S/C38H72N2O2/c1-4-7-9-11-13-15-17-19-21-23-25-27-29-31-33-35-37(41)40-36(38(42)39-6-3)34-32-30-28-26-24-22-20-18-16-14-12-10-8-5-2/h19-22,36H,4-18,23-35H2,1-3H3,(H,39,42)(H,40,41). The third kappa shape index (κ3) is 29.9. The van der Waals surface area contributed by atoms with Crippen molar-refractivity contribution in [3.8, 4) is 0 Å². The zero-order valence-corrected chi connectivity index (χ0v) is 28.5. The molecule has 0 aromatic carbocycles. The van der Waals surface area contributed by atoms with Crippen molar-refractivity contribution >= 4 is 11.8 Å². The van der Waals surface area contributed by atoms with Gasteiger partial charge in [0.15, 0.2) is 0 Å². The molecule has 0 bridgehead atoms. The Morgan fingerprint density at radius 3 is 1.31 bits per heavy atom. The van der Waals surface area contributed by atoms with Gasteiger partial charge in [-0.15, -0.1) is 0 Å². The second kappa shape index (κ2) is 33.9. The van der Waals surface area contributed by atoms with Crippen molar-refractivity contribution in [2.75, 3.05) is 6.54 Å². The molecule has 0 aliphatic heterocycles. The Balaban J connectivity index is 3.83. The molecule has 0 saturated carbocycles. The van der Waals surface area contributed by atoms with Crippen LogP contribution in [0.1, 0.15) is 194 Å². The molecule has 4 heteroatoms. The highest BCUT2D eigenvalue weighted by atomic mass is 16.2. The summed E-state index contributed by atoms with van der Waals surface area (Å²) >= 11 is 0. The monoisotopic (exact) mass is 589 g/mol. The van der Waals surface area contributed by atoms with Gasteiger partial charge in [-0.2, -0.15) is 0 Å². The predicted octanol–water partition coefficient (Wildman–Crippen LogP) is 11.3. The van der Waals surface area contributed by atoms with Crippen molar-refractivity contribution in [2.24, 2.45) is 0 Å². The Morgan fingerprint density at radius 1 is 0.500 bits per heavy atom. The topological polar surface area (TPSA) is 58.2 Å². The molecule has 0 aliphatic carbocycles. The molecule has 1 unspecified atom stereocenters. The number of carbonyl (C=O) groups excluding carboxylic acids is 2. The van der Waals surface area contributed by atoms with E-state index in [1.54, 1.807) is 0 Å². The molecule has 0 saturated heterocycles. The molecule has 0 aliphatic rings. The van der Waals surface area contributed by atoms with E-state index in [1.807, 2.05) is 6.92 Å². The fraction of sp³-hybridized carbons (Fsp3) is 0.842. The number of hydrogen-bond acceptors (Lipinski definition) is 2. The molecule has 0 spiro atoms. The fourth-order valence-electron chi connectivity index (χ4n) is 5.43. The summed E-state index contributed by atoms with van der Waals surface area (Å²) in [7, 11) is 0. The lowest BCUT2D eigenvalue weighted by atomic mass is 10.0. The van der Waals surface area contributed by atoms with Gasteiger partial charge in [-0.3, -0.25) is 9.59 Å². The first-order chi connectivity index (χ1) is 20.7. The Labute approximate surface area is 262 Å². The molecular weight excluding hydrogens is 516 g/mol. The lowest BCUT2D eigenvalue weighted by Gasteiger charge is -2.18. The third-order valence-corrected chi connectivity index (χ3v) is 8.17. The van der Waals surface area contributed by atoms with E-state index >= 15 is 0 Å². The number of allylic oxidation sites excluding steroid dienone is 4. The fourth-order valence-corrected chi connectivity index (χ4v) is 5.43. The molecule has 4 nitrogen and oxygen atoms in total. The Kier molecular flexibility index (Phi) is 32.6. The number of unbranched alkanes of at least 4 members (excludes halogenated alkanes) is 21. The van der Waals surface area contributed by atoms with Crippen molar-refractivity contribution in [1.29, 1.82) is 0 Å². The average molecular weight is 589 g/mol. The van der Waals surface area contributed by atoms with Crippen LogP contribution in [-0.2, 0) is 9.59 Å². The van der Waals surface area contributed by atoms with Crippen LogP contribution in [0.15, 0.2) is 24.3 Å². The van der Waals surface area contributed by atoms with Crippen LogP contribution >= 0.6 is 0 Å². The minimum absolute atomic E-state index is 0.0272. The van der Waals surface area contributed by atoms with Crippen LogP contribution in [0.5, 0.6) is 0 Å². The summed E-state index contributed by atoms with van der Waals surface area (Å²) in [6.07, 6.45) is 42.0. The predicted molar refractivity (Wildman–Crippen MR) is 185 cm³/mol. The van der Waals surface area contributed by atoms with Crippen LogP contribution in [-0.4, -0.2) is 24.4 Å². The van der Waals surface area contributed by atoms with Gasteiger partial charge in [0.2, 0.25) is 11.8 Å². The van der Waals surface area contributed by atoms with E-state index < -0.39 is 6.04 Å². The first-order valence-electron chi connectivity index (χ1n) is 18.5. The first kappa shape index (κ1) is 40.4. The van der Waals surface area contributed by atoms with E-state index in [9.17, 15) is 9.59 Å². The molecule has 0 fully saturated rings. The molecular formula is C38H72N2O2. The molecule has 1 atom stereocenters. The highest BCUT2D eigenvalue weighted by molar-refractivity contribution is 5.87. The number of hydrogen-bond donors (Lipinski definition) is 2. The van der Waals surface area contributed by atoms with Crippen molar-refractivity contribution in [2.45, 2.75) is 200 Å². The number of likely N-dealkylation sites (N-methyl/N-ethyl adjacent to an activating group) is 1. The highest BCUT2D eigenvalue weighted by Gasteiger charge is 2.19. The largest absolute Gasteiger partial charge is 0.355 e. The molecule has 2 amide bonds. The second-order valence-corrected chi connectivity index (χ2v) is 12.4. The maximum absolute atomic E-state index is 12.5. The van der Waals surface area contributed by atoms with E-state index in [0.29, 0.717) is 13.0 Å². The summed E-state index contributed by atoms with van der Waals surface area (Å²) in [5, 5.41) is 5.93. The Hall–Kier alpha value is -1.58. The van der Waals surface area contributed by atoms with Gasteiger partial charge in [-0.25, -0.2) is 0 Å². The van der Waals surface area contributed by atoms with Crippen LogP contribution in [0.2, 0.25) is 0 Å². The summed E-state index contributed by atoms with van der Waals surface area (Å²) in [6.45, 7) is 7.07. The van der Waals surface area contributed by atoms with Gasteiger partial charge in [0.05, 0.1) is 0 Å². The Bertz CT molecular complexity index is 643. The number of amides is 2. The average Bonchev–Trinajstić information content (AvgIpc) is 2.98. The Morgan fingerprint density at radius 2 is 0.881 bits per heavy atom. The van der Waals surface area contributed by atoms with Crippen molar-refractivity contribution in [1.82, 2.24) is 10.6 Å². The summed E-state index contributed by atoms with van der Waals surface area (Å²) in [5.74, 6) is -0.00703. The summed E-state index contributed by atoms with van der Waals surface area (Å²) < 4.78 is 0. The van der Waals surface area contributed by atoms with E-state index in [1.165, 1.54) is 128 Å². The summed E-state index contributed by atoms with van der Waals surface area (Å²) in [5.41, 5.74) is 0. The molecule has 2 N–H and O–H groups in total.